The van der Waals surface area contributed by atoms with E-state index in [4.69, 9.17) is 0 Å². The van der Waals surface area contributed by atoms with Crippen molar-refractivity contribution in [1.82, 2.24) is 20.2 Å². The fourth-order valence-electron chi connectivity index (χ4n) is 1.91. The first kappa shape index (κ1) is 12.9. The van der Waals surface area contributed by atoms with E-state index < -0.39 is 0 Å². The Morgan fingerprint density at radius 1 is 1.05 bits per heavy atom. The molecule has 100 valence electrons. The maximum absolute atomic E-state index is 4.10. The lowest BCUT2D eigenvalue weighted by molar-refractivity contribution is 0.755. The summed E-state index contributed by atoms with van der Waals surface area (Å²) >= 11 is 1.63. The first-order valence-corrected chi connectivity index (χ1v) is 7.33. The van der Waals surface area contributed by atoms with Gasteiger partial charge < -0.3 is 0 Å². The van der Waals surface area contributed by atoms with Crippen LogP contribution in [-0.4, -0.2) is 20.2 Å². The van der Waals surface area contributed by atoms with Gasteiger partial charge in [0, 0.05) is 5.75 Å². The molecule has 5 heteroatoms. The van der Waals surface area contributed by atoms with Gasteiger partial charge in [-0.2, -0.15) is 4.68 Å². The third-order valence-corrected chi connectivity index (χ3v) is 3.89. The number of tetrazole rings is 1. The molecule has 0 bridgehead atoms. The summed E-state index contributed by atoms with van der Waals surface area (Å²) in [7, 11) is 0. The van der Waals surface area contributed by atoms with Crippen molar-refractivity contribution in [2.75, 3.05) is 0 Å². The first-order chi connectivity index (χ1) is 9.83. The molecule has 0 aliphatic carbocycles. The van der Waals surface area contributed by atoms with Crippen molar-refractivity contribution in [3.8, 4) is 5.69 Å². The predicted octanol–water partition coefficient (Wildman–Crippen LogP) is 3.26. The van der Waals surface area contributed by atoms with Gasteiger partial charge in [0.2, 0.25) is 5.16 Å². The number of rotatable bonds is 4. The van der Waals surface area contributed by atoms with Gasteiger partial charge in [-0.15, -0.1) is 5.10 Å². The molecule has 0 radical (unpaired) electrons. The molecule has 2 aromatic carbocycles. The van der Waals surface area contributed by atoms with Crippen LogP contribution in [-0.2, 0) is 5.75 Å². The lowest BCUT2D eigenvalue weighted by Gasteiger charge is -2.05. The van der Waals surface area contributed by atoms with Gasteiger partial charge in [0.1, 0.15) is 0 Å². The molecule has 0 fully saturated rings. The summed E-state index contributed by atoms with van der Waals surface area (Å²) in [6, 6.07) is 18.5. The van der Waals surface area contributed by atoms with E-state index in [1.807, 2.05) is 30.3 Å². The summed E-state index contributed by atoms with van der Waals surface area (Å²) in [6.07, 6.45) is 0. The van der Waals surface area contributed by atoms with E-state index in [2.05, 4.69) is 46.7 Å². The molecule has 0 atom stereocenters. The quantitative estimate of drug-likeness (QED) is 0.689. The Hall–Kier alpha value is -2.14. The van der Waals surface area contributed by atoms with Crippen molar-refractivity contribution in [3.63, 3.8) is 0 Å². The van der Waals surface area contributed by atoms with E-state index in [1.54, 1.807) is 16.4 Å². The van der Waals surface area contributed by atoms with Crippen molar-refractivity contribution in [2.24, 2.45) is 0 Å². The molecule has 0 unspecified atom stereocenters. The number of aromatic nitrogens is 4. The molecule has 1 aromatic heterocycles. The number of nitrogens with zero attached hydrogens (tertiary/aromatic N) is 4. The maximum atomic E-state index is 4.10. The van der Waals surface area contributed by atoms with Crippen LogP contribution in [0.15, 0.2) is 59.8 Å². The number of benzene rings is 2. The van der Waals surface area contributed by atoms with E-state index in [1.165, 1.54) is 11.1 Å². The smallest absolute Gasteiger partial charge is 0.187 e. The highest BCUT2D eigenvalue weighted by Crippen LogP contribution is 2.22. The topological polar surface area (TPSA) is 43.6 Å². The number of thioether (sulfide) groups is 1. The molecule has 0 saturated heterocycles. The van der Waals surface area contributed by atoms with Gasteiger partial charge >= 0.3 is 0 Å². The van der Waals surface area contributed by atoms with Gasteiger partial charge in [-0.3, -0.25) is 0 Å². The summed E-state index contributed by atoms with van der Waals surface area (Å²) in [5.41, 5.74) is 3.44. The van der Waals surface area contributed by atoms with Crippen LogP contribution in [0.5, 0.6) is 0 Å². The molecule has 0 N–H and O–H groups in total. The fraction of sp³-hybridized carbons (Fsp3) is 0.133. The van der Waals surface area contributed by atoms with Gasteiger partial charge in [0.15, 0.2) is 0 Å². The van der Waals surface area contributed by atoms with Crippen LogP contribution >= 0.6 is 11.8 Å². The monoisotopic (exact) mass is 282 g/mol. The molecule has 0 aliphatic rings. The third kappa shape index (κ3) is 2.88. The van der Waals surface area contributed by atoms with E-state index >= 15 is 0 Å². The second-order valence-corrected chi connectivity index (χ2v) is 5.43. The molecule has 1 heterocycles. The average molecular weight is 282 g/mol. The number of aryl methyl sites for hydroxylation is 1. The van der Waals surface area contributed by atoms with E-state index in [9.17, 15) is 0 Å². The Morgan fingerprint density at radius 3 is 2.70 bits per heavy atom. The highest BCUT2D eigenvalue weighted by molar-refractivity contribution is 7.98. The number of hydrogen-bond donors (Lipinski definition) is 0. The minimum atomic E-state index is 0.805. The van der Waals surface area contributed by atoms with Gasteiger partial charge in [-0.25, -0.2) is 0 Å². The maximum Gasteiger partial charge on any atom is 0.214 e. The second kappa shape index (κ2) is 5.88. The minimum absolute atomic E-state index is 0.805. The number of hydrogen-bond acceptors (Lipinski definition) is 4. The second-order valence-electron chi connectivity index (χ2n) is 4.49. The van der Waals surface area contributed by atoms with Crippen molar-refractivity contribution in [1.29, 1.82) is 0 Å². The lowest BCUT2D eigenvalue weighted by Crippen LogP contribution is -1.99. The standard InChI is InChI=1S/C15H14N4S/c1-12-6-5-9-14(10-12)19-15(16-17-18-19)20-11-13-7-3-2-4-8-13/h2-10H,11H2,1H3. The molecule has 4 nitrogen and oxygen atoms in total. The average Bonchev–Trinajstić information content (AvgIpc) is 2.95. The van der Waals surface area contributed by atoms with Gasteiger partial charge in [0.05, 0.1) is 5.69 Å². The van der Waals surface area contributed by atoms with Gasteiger partial charge in [-0.1, -0.05) is 54.2 Å². The Morgan fingerprint density at radius 2 is 1.90 bits per heavy atom. The summed E-state index contributed by atoms with van der Waals surface area (Å²) in [4.78, 5) is 0. The van der Waals surface area contributed by atoms with E-state index in [-0.39, 0.29) is 0 Å². The minimum Gasteiger partial charge on any atom is -0.187 e. The van der Waals surface area contributed by atoms with Crippen LogP contribution in [0.3, 0.4) is 0 Å². The molecule has 0 spiro atoms. The Bertz CT molecular complexity index is 694. The van der Waals surface area contributed by atoms with Crippen LogP contribution in [0.2, 0.25) is 0 Å². The van der Waals surface area contributed by atoms with Gasteiger partial charge in [0.25, 0.3) is 0 Å². The highest BCUT2D eigenvalue weighted by atomic mass is 32.2. The van der Waals surface area contributed by atoms with Crippen LogP contribution in [0.1, 0.15) is 11.1 Å². The fourth-order valence-corrected chi connectivity index (χ4v) is 2.76. The summed E-state index contributed by atoms with van der Waals surface area (Å²) in [5, 5.41) is 12.8. The van der Waals surface area contributed by atoms with Crippen molar-refractivity contribution < 1.29 is 0 Å². The van der Waals surface area contributed by atoms with E-state index in [0.29, 0.717) is 0 Å². The highest BCUT2D eigenvalue weighted by Gasteiger charge is 2.09. The molecular weight excluding hydrogens is 268 g/mol. The van der Waals surface area contributed by atoms with Crippen molar-refractivity contribution in [3.05, 3.63) is 65.7 Å². The summed E-state index contributed by atoms with van der Waals surface area (Å²) in [5.74, 6) is 0.854. The normalized spacial score (nSPS) is 10.7. The van der Waals surface area contributed by atoms with E-state index in [0.717, 1.165) is 16.6 Å². The SMILES string of the molecule is Cc1cccc(-n2nnnc2SCc2ccccc2)c1. The van der Waals surface area contributed by atoms with Gasteiger partial charge in [-0.05, 0) is 40.6 Å². The molecule has 0 amide bonds. The molecular formula is C15H14N4S. The Labute approximate surface area is 121 Å². The molecule has 0 aliphatic heterocycles. The Balaban J connectivity index is 1.80. The third-order valence-electron chi connectivity index (χ3n) is 2.90. The zero-order chi connectivity index (χ0) is 13.8. The predicted molar refractivity (Wildman–Crippen MR) is 79.9 cm³/mol. The van der Waals surface area contributed by atoms with Crippen molar-refractivity contribution >= 4 is 11.8 Å². The molecule has 3 rings (SSSR count). The lowest BCUT2D eigenvalue weighted by atomic mass is 10.2. The summed E-state index contributed by atoms with van der Waals surface area (Å²) in [6.45, 7) is 2.06. The Kier molecular flexibility index (Phi) is 3.78. The van der Waals surface area contributed by atoms with Crippen LogP contribution < -0.4 is 0 Å². The first-order valence-electron chi connectivity index (χ1n) is 6.35. The molecule has 0 saturated carbocycles. The van der Waals surface area contributed by atoms with Crippen LogP contribution in [0, 0.1) is 6.92 Å². The summed E-state index contributed by atoms with van der Waals surface area (Å²) < 4.78 is 1.78. The van der Waals surface area contributed by atoms with Crippen molar-refractivity contribution in [2.45, 2.75) is 17.8 Å². The zero-order valence-corrected chi connectivity index (χ0v) is 11.9. The van der Waals surface area contributed by atoms with Crippen LogP contribution in [0.4, 0.5) is 0 Å². The largest absolute Gasteiger partial charge is 0.214 e. The van der Waals surface area contributed by atoms with Crippen LogP contribution in [0.25, 0.3) is 5.69 Å². The zero-order valence-electron chi connectivity index (χ0n) is 11.1. The molecule has 20 heavy (non-hydrogen) atoms. The molecule has 3 aromatic rings.